The summed E-state index contributed by atoms with van der Waals surface area (Å²) in [5, 5.41) is 4.45. The van der Waals surface area contributed by atoms with Gasteiger partial charge in [0.05, 0.1) is 22.0 Å². The Hall–Kier alpha value is -2.33. The molecule has 3 aromatic carbocycles. The van der Waals surface area contributed by atoms with Crippen molar-refractivity contribution in [3.63, 3.8) is 0 Å². The molecule has 5 heteroatoms. The predicted molar refractivity (Wildman–Crippen MR) is 127 cm³/mol. The minimum Gasteiger partial charge on any atom is -0.345 e. The molecule has 0 saturated carbocycles. The Morgan fingerprint density at radius 3 is 2.19 bits per heavy atom. The Labute approximate surface area is 194 Å². The fourth-order valence-corrected chi connectivity index (χ4v) is 4.54. The quantitative estimate of drug-likeness (QED) is 0.488. The summed E-state index contributed by atoms with van der Waals surface area (Å²) in [6, 6.07) is 25.9. The van der Waals surface area contributed by atoms with Crippen LogP contribution in [0.4, 0.5) is 0 Å². The van der Waals surface area contributed by atoms with Crippen LogP contribution < -0.4 is 5.32 Å². The summed E-state index contributed by atoms with van der Waals surface area (Å²) in [6.07, 6.45) is 1.90. The zero-order valence-electron chi connectivity index (χ0n) is 17.3. The number of nitrogens with one attached hydrogen (secondary N) is 1. The average Bonchev–Trinajstić information content (AvgIpc) is 2.81. The van der Waals surface area contributed by atoms with Crippen LogP contribution in [0.15, 0.2) is 78.9 Å². The van der Waals surface area contributed by atoms with E-state index in [9.17, 15) is 4.79 Å². The fourth-order valence-electron chi connectivity index (χ4n) is 4.22. The highest BCUT2D eigenvalue weighted by molar-refractivity contribution is 6.42. The Kier molecular flexibility index (Phi) is 7.29. The summed E-state index contributed by atoms with van der Waals surface area (Å²) < 4.78 is 0. The van der Waals surface area contributed by atoms with Crippen LogP contribution in [0.2, 0.25) is 10.0 Å². The van der Waals surface area contributed by atoms with Crippen LogP contribution in [0.3, 0.4) is 0 Å². The summed E-state index contributed by atoms with van der Waals surface area (Å²) in [6.45, 7) is 2.48. The molecule has 0 aliphatic carbocycles. The van der Waals surface area contributed by atoms with Crippen molar-refractivity contribution in [1.29, 1.82) is 0 Å². The van der Waals surface area contributed by atoms with Crippen LogP contribution in [-0.2, 0) is 11.3 Å². The van der Waals surface area contributed by atoms with E-state index in [0.717, 1.165) is 49.2 Å². The molecule has 1 heterocycles. The Morgan fingerprint density at radius 2 is 1.58 bits per heavy atom. The van der Waals surface area contributed by atoms with Gasteiger partial charge in [0.2, 0.25) is 5.91 Å². The van der Waals surface area contributed by atoms with E-state index in [1.807, 2.05) is 54.6 Å². The minimum atomic E-state index is -0.152. The summed E-state index contributed by atoms with van der Waals surface area (Å²) in [5.74, 6) is 0.0722. The zero-order chi connectivity index (χ0) is 21.6. The van der Waals surface area contributed by atoms with Crippen molar-refractivity contribution in [2.24, 2.45) is 5.92 Å². The van der Waals surface area contributed by atoms with Gasteiger partial charge >= 0.3 is 0 Å². The maximum atomic E-state index is 13.3. The number of amides is 1. The van der Waals surface area contributed by atoms with Gasteiger partial charge in [-0.2, -0.15) is 0 Å². The Balaban J connectivity index is 1.45. The molecule has 0 bridgehead atoms. The number of hydrogen-bond donors (Lipinski definition) is 1. The number of halogens is 2. The van der Waals surface area contributed by atoms with Crippen LogP contribution in [0.5, 0.6) is 0 Å². The van der Waals surface area contributed by atoms with Gasteiger partial charge in [0, 0.05) is 13.1 Å². The second kappa shape index (κ2) is 10.3. The molecule has 31 heavy (non-hydrogen) atoms. The van der Waals surface area contributed by atoms with Crippen LogP contribution in [0.25, 0.3) is 0 Å². The first kappa shape index (κ1) is 21.9. The minimum absolute atomic E-state index is 0.0357. The lowest BCUT2D eigenvalue weighted by Crippen LogP contribution is -2.43. The number of likely N-dealkylation sites (tertiary alicyclic amines) is 1. The monoisotopic (exact) mass is 452 g/mol. The van der Waals surface area contributed by atoms with Crippen LogP contribution >= 0.6 is 23.2 Å². The van der Waals surface area contributed by atoms with E-state index in [2.05, 4.69) is 34.5 Å². The van der Waals surface area contributed by atoms with Gasteiger partial charge in [-0.1, -0.05) is 89.9 Å². The van der Waals surface area contributed by atoms with Gasteiger partial charge in [0.25, 0.3) is 0 Å². The topological polar surface area (TPSA) is 32.3 Å². The van der Waals surface area contributed by atoms with Gasteiger partial charge in [0.15, 0.2) is 0 Å². The largest absolute Gasteiger partial charge is 0.345 e. The number of carbonyl (C=O) groups excluding carboxylic acids is 1. The maximum Gasteiger partial charge on any atom is 0.225 e. The Morgan fingerprint density at radius 1 is 0.935 bits per heavy atom. The lowest BCUT2D eigenvalue weighted by Gasteiger charge is -2.33. The highest BCUT2D eigenvalue weighted by atomic mass is 35.5. The summed E-state index contributed by atoms with van der Waals surface area (Å²) in [5.41, 5.74) is 3.29. The van der Waals surface area contributed by atoms with Crippen molar-refractivity contribution in [1.82, 2.24) is 10.2 Å². The number of piperidine rings is 1. The molecule has 3 nitrogen and oxygen atoms in total. The van der Waals surface area contributed by atoms with Crippen molar-refractivity contribution >= 4 is 29.1 Å². The molecule has 1 aliphatic heterocycles. The van der Waals surface area contributed by atoms with Crippen LogP contribution in [0, 0.1) is 5.92 Å². The third-order valence-corrected chi connectivity index (χ3v) is 6.56. The molecular weight excluding hydrogens is 427 g/mol. The van der Waals surface area contributed by atoms with E-state index >= 15 is 0 Å². The molecule has 0 spiro atoms. The molecule has 1 aliphatic rings. The normalized spacial score (nSPS) is 16.9. The first-order chi connectivity index (χ1) is 15.1. The Bertz CT molecular complexity index is 971. The van der Waals surface area contributed by atoms with E-state index < -0.39 is 0 Å². The molecule has 0 radical (unpaired) electrons. The van der Waals surface area contributed by atoms with Crippen LogP contribution in [-0.4, -0.2) is 23.9 Å². The highest BCUT2D eigenvalue weighted by Crippen LogP contribution is 2.26. The first-order valence-corrected chi connectivity index (χ1v) is 11.4. The second-order valence-corrected chi connectivity index (χ2v) is 8.90. The van der Waals surface area contributed by atoms with E-state index in [1.54, 1.807) is 0 Å². The molecule has 0 aromatic heterocycles. The predicted octanol–water partition coefficient (Wildman–Crippen LogP) is 6.11. The van der Waals surface area contributed by atoms with Gasteiger partial charge in [0.1, 0.15) is 0 Å². The van der Waals surface area contributed by atoms with Crippen molar-refractivity contribution in [2.45, 2.75) is 25.4 Å². The standard InChI is InChI=1S/C26H26Cl2N2O/c27-23-14-13-19(16-24(23)28)17-30-15-7-12-22(18-30)26(31)29-25(20-8-3-1-4-9-20)21-10-5-2-6-11-21/h1-6,8-11,13-14,16,22,25H,7,12,15,17-18H2,(H,29,31). The van der Waals surface area contributed by atoms with Gasteiger partial charge in [-0.3, -0.25) is 9.69 Å². The van der Waals surface area contributed by atoms with Crippen LogP contribution in [0.1, 0.15) is 35.6 Å². The number of carbonyl (C=O) groups is 1. The summed E-state index contributed by atoms with van der Waals surface area (Å²) >= 11 is 12.2. The smallest absolute Gasteiger partial charge is 0.225 e. The lowest BCUT2D eigenvalue weighted by atomic mass is 9.94. The van der Waals surface area contributed by atoms with E-state index in [4.69, 9.17) is 23.2 Å². The van der Waals surface area contributed by atoms with Crippen molar-refractivity contribution < 1.29 is 4.79 Å². The summed E-state index contributed by atoms with van der Waals surface area (Å²) in [4.78, 5) is 15.6. The summed E-state index contributed by atoms with van der Waals surface area (Å²) in [7, 11) is 0. The molecule has 1 N–H and O–H groups in total. The number of rotatable bonds is 6. The molecule has 1 fully saturated rings. The maximum absolute atomic E-state index is 13.3. The van der Waals surface area contributed by atoms with Gasteiger partial charge in [-0.15, -0.1) is 0 Å². The van der Waals surface area contributed by atoms with E-state index in [-0.39, 0.29) is 17.9 Å². The molecule has 1 amide bonds. The molecule has 1 saturated heterocycles. The zero-order valence-corrected chi connectivity index (χ0v) is 18.8. The van der Waals surface area contributed by atoms with Gasteiger partial charge in [-0.05, 0) is 48.2 Å². The fraction of sp³-hybridized carbons (Fsp3) is 0.269. The molecular formula is C26H26Cl2N2O. The first-order valence-electron chi connectivity index (χ1n) is 10.7. The molecule has 1 unspecified atom stereocenters. The number of benzene rings is 3. The molecule has 1 atom stereocenters. The van der Waals surface area contributed by atoms with Crippen molar-refractivity contribution in [3.8, 4) is 0 Å². The number of hydrogen-bond acceptors (Lipinski definition) is 2. The third-order valence-electron chi connectivity index (χ3n) is 5.82. The average molecular weight is 453 g/mol. The van der Waals surface area contributed by atoms with Crippen molar-refractivity contribution in [3.05, 3.63) is 106 Å². The van der Waals surface area contributed by atoms with E-state index in [1.165, 1.54) is 0 Å². The van der Waals surface area contributed by atoms with Crippen molar-refractivity contribution in [2.75, 3.05) is 13.1 Å². The van der Waals surface area contributed by atoms with Gasteiger partial charge in [-0.25, -0.2) is 0 Å². The SMILES string of the molecule is O=C(NC(c1ccccc1)c1ccccc1)C1CCCN(Cc2ccc(Cl)c(Cl)c2)C1. The molecule has 160 valence electrons. The van der Waals surface area contributed by atoms with Gasteiger partial charge < -0.3 is 5.32 Å². The molecule has 3 aromatic rings. The third kappa shape index (κ3) is 5.68. The second-order valence-electron chi connectivity index (χ2n) is 8.09. The highest BCUT2D eigenvalue weighted by Gasteiger charge is 2.28. The molecule has 4 rings (SSSR count). The van der Waals surface area contributed by atoms with E-state index in [0.29, 0.717) is 10.0 Å². The lowest BCUT2D eigenvalue weighted by molar-refractivity contribution is -0.127. The number of nitrogens with zero attached hydrogens (tertiary/aromatic N) is 1.